The minimum absolute atomic E-state index is 0.0150. The van der Waals surface area contributed by atoms with Crippen LogP contribution in [0.25, 0.3) is 0 Å². The van der Waals surface area contributed by atoms with Crippen molar-refractivity contribution in [2.24, 2.45) is 5.92 Å². The fraction of sp³-hybridized carbons (Fsp3) is 0.429. The van der Waals surface area contributed by atoms with Gasteiger partial charge < -0.3 is 14.8 Å². The number of aromatic nitrogens is 2. The van der Waals surface area contributed by atoms with Gasteiger partial charge in [0.15, 0.2) is 12.4 Å². The number of rotatable bonds is 9. The highest BCUT2D eigenvalue weighted by Crippen LogP contribution is 2.29. The van der Waals surface area contributed by atoms with Crippen molar-refractivity contribution in [3.63, 3.8) is 0 Å². The van der Waals surface area contributed by atoms with Crippen LogP contribution in [0.3, 0.4) is 0 Å². The maximum absolute atomic E-state index is 12.6. The van der Waals surface area contributed by atoms with Crippen LogP contribution in [0, 0.1) is 5.92 Å². The Morgan fingerprint density at radius 3 is 2.48 bits per heavy atom. The van der Waals surface area contributed by atoms with Crippen LogP contribution in [0.4, 0.5) is 13.2 Å². The van der Waals surface area contributed by atoms with Gasteiger partial charge in [0.1, 0.15) is 5.78 Å². The van der Waals surface area contributed by atoms with Crippen molar-refractivity contribution in [3.05, 3.63) is 47.4 Å². The first-order valence-electron chi connectivity index (χ1n) is 9.52. The molecule has 0 fully saturated rings. The van der Waals surface area contributed by atoms with Crippen molar-refractivity contribution in [1.82, 2.24) is 15.3 Å². The molecule has 2 aromatic rings. The number of amides is 1. The zero-order valence-electron chi connectivity index (χ0n) is 17.6. The van der Waals surface area contributed by atoms with Crippen LogP contribution >= 0.6 is 0 Å². The fourth-order valence-corrected chi connectivity index (χ4v) is 2.55. The minimum atomic E-state index is -4.50. The van der Waals surface area contributed by atoms with Gasteiger partial charge in [0.05, 0.1) is 13.2 Å². The van der Waals surface area contributed by atoms with Gasteiger partial charge in [0.25, 0.3) is 11.8 Å². The Bertz CT molecular complexity index is 932. The first-order valence-corrected chi connectivity index (χ1v) is 9.52. The van der Waals surface area contributed by atoms with E-state index in [0.717, 1.165) is 0 Å². The highest BCUT2D eigenvalue weighted by molar-refractivity contribution is 5.94. The summed E-state index contributed by atoms with van der Waals surface area (Å²) in [5.41, 5.74) is 1.33. The summed E-state index contributed by atoms with van der Waals surface area (Å²) in [6.07, 6.45) is -1.61. The number of carbonyl (C=O) groups excluding carboxylic acids is 2. The van der Waals surface area contributed by atoms with Crippen molar-refractivity contribution in [2.45, 2.75) is 39.4 Å². The standard InChI is InChI=1S/C21H24F3N3O4/c1-12(2)17(28)9-16-7-14(5-6-25-16)19(29)27-13(3)15-8-18(30-4)20(26-10-15)31-11-21(22,23)24/h5-8,10,12-13H,9,11H2,1-4H3,(H,27,29). The summed E-state index contributed by atoms with van der Waals surface area (Å²) >= 11 is 0. The number of methoxy groups -OCH3 is 1. The number of nitrogens with zero attached hydrogens (tertiary/aromatic N) is 2. The lowest BCUT2D eigenvalue weighted by Crippen LogP contribution is -2.27. The van der Waals surface area contributed by atoms with Gasteiger partial charge >= 0.3 is 6.18 Å². The largest absolute Gasteiger partial charge is 0.491 e. The summed E-state index contributed by atoms with van der Waals surface area (Å²) in [7, 11) is 1.28. The molecule has 2 aromatic heterocycles. The van der Waals surface area contributed by atoms with E-state index >= 15 is 0 Å². The SMILES string of the molecule is COc1cc(C(C)NC(=O)c2ccnc(CC(=O)C(C)C)c2)cnc1OCC(F)(F)F. The van der Waals surface area contributed by atoms with E-state index < -0.39 is 24.7 Å². The molecule has 168 valence electrons. The number of nitrogens with one attached hydrogen (secondary N) is 1. The normalized spacial score (nSPS) is 12.4. The molecule has 31 heavy (non-hydrogen) atoms. The molecule has 2 heterocycles. The zero-order valence-corrected chi connectivity index (χ0v) is 17.6. The highest BCUT2D eigenvalue weighted by atomic mass is 19.4. The maximum atomic E-state index is 12.6. The molecule has 0 spiro atoms. The Labute approximate surface area is 178 Å². The zero-order chi connectivity index (χ0) is 23.2. The van der Waals surface area contributed by atoms with Gasteiger partial charge in [-0.1, -0.05) is 13.8 Å². The summed E-state index contributed by atoms with van der Waals surface area (Å²) in [4.78, 5) is 32.5. The second kappa shape index (κ2) is 10.2. The fourth-order valence-electron chi connectivity index (χ4n) is 2.55. The predicted octanol–water partition coefficient (Wildman–Crippen LogP) is 3.68. The molecule has 1 N–H and O–H groups in total. The van der Waals surface area contributed by atoms with Gasteiger partial charge in [-0.15, -0.1) is 0 Å². The Hall–Kier alpha value is -3.17. The molecular weight excluding hydrogens is 415 g/mol. The average molecular weight is 439 g/mol. The summed E-state index contributed by atoms with van der Waals surface area (Å²) in [6, 6.07) is 4.00. The Kier molecular flexibility index (Phi) is 7.95. The molecule has 1 amide bonds. The molecule has 0 aliphatic carbocycles. The Morgan fingerprint density at radius 2 is 1.87 bits per heavy atom. The van der Waals surface area contributed by atoms with Crippen LogP contribution in [-0.2, 0) is 11.2 Å². The molecule has 0 bridgehead atoms. The van der Waals surface area contributed by atoms with Crippen LogP contribution in [0.5, 0.6) is 11.6 Å². The van der Waals surface area contributed by atoms with Gasteiger partial charge in [-0.2, -0.15) is 13.2 Å². The van der Waals surface area contributed by atoms with E-state index in [0.29, 0.717) is 16.8 Å². The smallest absolute Gasteiger partial charge is 0.422 e. The lowest BCUT2D eigenvalue weighted by Gasteiger charge is -2.17. The number of alkyl halides is 3. The van der Waals surface area contributed by atoms with Crippen molar-refractivity contribution in [2.75, 3.05) is 13.7 Å². The van der Waals surface area contributed by atoms with E-state index in [1.54, 1.807) is 26.8 Å². The highest BCUT2D eigenvalue weighted by Gasteiger charge is 2.29. The van der Waals surface area contributed by atoms with Crippen LogP contribution in [0.15, 0.2) is 30.6 Å². The molecule has 0 aliphatic heterocycles. The van der Waals surface area contributed by atoms with E-state index in [-0.39, 0.29) is 29.8 Å². The number of halogens is 3. The number of ether oxygens (including phenoxy) is 2. The van der Waals surface area contributed by atoms with Crippen LogP contribution in [0.2, 0.25) is 0 Å². The second-order valence-electron chi connectivity index (χ2n) is 7.21. The van der Waals surface area contributed by atoms with E-state index in [4.69, 9.17) is 4.74 Å². The third-order valence-corrected chi connectivity index (χ3v) is 4.36. The topological polar surface area (TPSA) is 90.4 Å². The van der Waals surface area contributed by atoms with E-state index in [1.807, 2.05) is 0 Å². The molecule has 10 heteroatoms. The number of ketones is 1. The Morgan fingerprint density at radius 1 is 1.16 bits per heavy atom. The van der Waals surface area contributed by atoms with Crippen LogP contribution in [-0.4, -0.2) is 41.6 Å². The van der Waals surface area contributed by atoms with Crippen molar-refractivity contribution in [1.29, 1.82) is 0 Å². The number of pyridine rings is 2. The average Bonchev–Trinajstić information content (AvgIpc) is 2.71. The van der Waals surface area contributed by atoms with E-state index in [9.17, 15) is 22.8 Å². The third-order valence-electron chi connectivity index (χ3n) is 4.36. The number of Topliss-reactive ketones (excluding diaryl/α,β-unsaturated/α-hetero) is 1. The molecule has 2 rings (SSSR count). The van der Waals surface area contributed by atoms with E-state index in [2.05, 4.69) is 20.0 Å². The van der Waals surface area contributed by atoms with Crippen molar-refractivity contribution < 1.29 is 32.2 Å². The molecule has 0 saturated carbocycles. The molecule has 0 radical (unpaired) electrons. The van der Waals surface area contributed by atoms with Crippen LogP contribution in [0.1, 0.15) is 48.4 Å². The van der Waals surface area contributed by atoms with Crippen molar-refractivity contribution in [3.8, 4) is 11.6 Å². The predicted molar refractivity (Wildman–Crippen MR) is 106 cm³/mol. The first kappa shape index (κ1) is 24.1. The molecule has 0 aromatic carbocycles. The quantitative estimate of drug-likeness (QED) is 0.641. The summed E-state index contributed by atoms with van der Waals surface area (Å²) < 4.78 is 46.8. The molecule has 0 aliphatic rings. The monoisotopic (exact) mass is 439 g/mol. The molecule has 1 unspecified atom stereocenters. The minimum Gasteiger partial charge on any atom is -0.491 e. The lowest BCUT2D eigenvalue weighted by atomic mass is 10.0. The van der Waals surface area contributed by atoms with Gasteiger partial charge in [-0.25, -0.2) is 4.98 Å². The number of carbonyl (C=O) groups is 2. The lowest BCUT2D eigenvalue weighted by molar-refractivity contribution is -0.154. The number of hydrogen-bond donors (Lipinski definition) is 1. The maximum Gasteiger partial charge on any atom is 0.422 e. The molecule has 1 atom stereocenters. The van der Waals surface area contributed by atoms with Crippen LogP contribution < -0.4 is 14.8 Å². The third kappa shape index (κ3) is 7.23. The van der Waals surface area contributed by atoms with Gasteiger partial charge in [0, 0.05) is 36.0 Å². The second-order valence-corrected chi connectivity index (χ2v) is 7.21. The van der Waals surface area contributed by atoms with Gasteiger partial charge in [-0.3, -0.25) is 14.6 Å². The van der Waals surface area contributed by atoms with Gasteiger partial charge in [-0.05, 0) is 30.7 Å². The summed E-state index contributed by atoms with van der Waals surface area (Å²) in [5, 5.41) is 2.77. The Balaban J connectivity index is 2.09. The summed E-state index contributed by atoms with van der Waals surface area (Å²) in [6.45, 7) is 3.78. The molecule has 0 saturated heterocycles. The molecular formula is C21H24F3N3O4. The summed E-state index contributed by atoms with van der Waals surface area (Å²) in [5.74, 6) is -0.796. The van der Waals surface area contributed by atoms with Gasteiger partial charge in [0.2, 0.25) is 0 Å². The van der Waals surface area contributed by atoms with Crippen molar-refractivity contribution >= 4 is 11.7 Å². The molecule has 7 nitrogen and oxygen atoms in total. The van der Waals surface area contributed by atoms with E-state index in [1.165, 1.54) is 31.6 Å². The number of hydrogen-bond acceptors (Lipinski definition) is 6. The first-order chi connectivity index (χ1) is 14.5.